The minimum Gasteiger partial charge on any atom is -0.444 e. The molecular formula is C23H30N4O3. The van der Waals surface area contributed by atoms with Gasteiger partial charge in [0, 0.05) is 13.1 Å². The molecule has 1 aromatic carbocycles. The molecule has 0 aliphatic carbocycles. The third-order valence-corrected chi connectivity index (χ3v) is 4.79. The molecule has 160 valence electrons. The van der Waals surface area contributed by atoms with E-state index in [1.54, 1.807) is 32.9 Å². The molecule has 3 rings (SSSR count). The Bertz CT molecular complexity index is 847. The molecule has 0 spiro atoms. The first-order valence-corrected chi connectivity index (χ1v) is 10.3. The van der Waals surface area contributed by atoms with Gasteiger partial charge in [-0.05, 0) is 57.9 Å². The highest BCUT2D eigenvalue weighted by Gasteiger charge is 2.26. The van der Waals surface area contributed by atoms with Crippen LogP contribution in [0.5, 0.6) is 0 Å². The molecule has 30 heavy (non-hydrogen) atoms. The lowest BCUT2D eigenvalue weighted by atomic mass is 9.96. The van der Waals surface area contributed by atoms with Crippen LogP contribution < -0.4 is 10.6 Å². The maximum atomic E-state index is 12.7. The highest BCUT2D eigenvalue weighted by molar-refractivity contribution is 5.93. The van der Waals surface area contributed by atoms with Crippen molar-refractivity contribution in [3.05, 3.63) is 54.2 Å². The maximum absolute atomic E-state index is 12.7. The van der Waals surface area contributed by atoms with Gasteiger partial charge in [0.05, 0.1) is 17.8 Å². The zero-order chi connectivity index (χ0) is 21.6. The predicted octanol–water partition coefficient (Wildman–Crippen LogP) is 4.28. The topological polar surface area (TPSA) is 83.6 Å². The van der Waals surface area contributed by atoms with Crippen LogP contribution in [0, 0.1) is 5.92 Å². The molecule has 0 radical (unpaired) electrons. The Morgan fingerprint density at radius 3 is 2.57 bits per heavy atom. The van der Waals surface area contributed by atoms with Crippen molar-refractivity contribution in [2.75, 3.05) is 23.7 Å². The molecular weight excluding hydrogens is 380 g/mol. The molecule has 0 bridgehead atoms. The van der Waals surface area contributed by atoms with Crippen LogP contribution in [0.15, 0.2) is 48.7 Å². The molecule has 2 aromatic rings. The zero-order valence-electron chi connectivity index (χ0n) is 17.9. The van der Waals surface area contributed by atoms with E-state index in [0.717, 1.165) is 32.5 Å². The number of likely N-dealkylation sites (tertiary alicyclic amines) is 1. The van der Waals surface area contributed by atoms with Crippen molar-refractivity contribution in [1.29, 1.82) is 0 Å². The van der Waals surface area contributed by atoms with Gasteiger partial charge < -0.3 is 10.1 Å². The molecule has 1 aromatic heterocycles. The van der Waals surface area contributed by atoms with Crippen LogP contribution in [-0.2, 0) is 16.1 Å². The van der Waals surface area contributed by atoms with Crippen molar-refractivity contribution in [3.63, 3.8) is 0 Å². The lowest BCUT2D eigenvalue weighted by Crippen LogP contribution is -2.40. The van der Waals surface area contributed by atoms with Gasteiger partial charge in [-0.1, -0.05) is 30.3 Å². The summed E-state index contributed by atoms with van der Waals surface area (Å²) < 4.78 is 5.20. The van der Waals surface area contributed by atoms with Crippen molar-refractivity contribution < 1.29 is 14.3 Å². The average molecular weight is 411 g/mol. The minimum atomic E-state index is -0.577. The molecule has 1 fully saturated rings. The predicted molar refractivity (Wildman–Crippen MR) is 117 cm³/mol. The fourth-order valence-electron chi connectivity index (χ4n) is 3.45. The normalized spacial score (nSPS) is 17.2. The fraction of sp³-hybridized carbons (Fsp3) is 0.435. The number of hydrogen-bond acceptors (Lipinski definition) is 5. The van der Waals surface area contributed by atoms with E-state index in [9.17, 15) is 9.59 Å². The summed E-state index contributed by atoms with van der Waals surface area (Å²) in [4.78, 5) is 31.1. The van der Waals surface area contributed by atoms with Crippen molar-refractivity contribution in [1.82, 2.24) is 9.88 Å². The second-order valence-electron chi connectivity index (χ2n) is 8.61. The number of nitrogens with zero attached hydrogens (tertiary/aromatic N) is 2. The lowest BCUT2D eigenvalue weighted by molar-refractivity contribution is -0.121. The molecule has 0 saturated carbocycles. The van der Waals surface area contributed by atoms with E-state index in [1.165, 1.54) is 11.8 Å². The number of rotatable bonds is 5. The summed E-state index contributed by atoms with van der Waals surface area (Å²) >= 11 is 0. The van der Waals surface area contributed by atoms with Gasteiger partial charge in [-0.3, -0.25) is 15.0 Å². The summed E-state index contributed by atoms with van der Waals surface area (Å²) in [6.45, 7) is 8.00. The lowest BCUT2D eigenvalue weighted by Gasteiger charge is -2.32. The molecule has 1 unspecified atom stereocenters. The molecule has 7 heteroatoms. The number of anilines is 2. The third-order valence-electron chi connectivity index (χ3n) is 4.79. The SMILES string of the molecule is CC(C)(C)OC(=O)Nc1ccc(NC(=O)C2CCCN(Cc3ccccc3)C2)cn1. The number of aromatic nitrogens is 1. The highest BCUT2D eigenvalue weighted by atomic mass is 16.6. The molecule has 2 heterocycles. The second-order valence-corrected chi connectivity index (χ2v) is 8.61. The Hall–Kier alpha value is -2.93. The molecule has 1 saturated heterocycles. The third kappa shape index (κ3) is 6.84. The molecule has 1 aliphatic heterocycles. The summed E-state index contributed by atoms with van der Waals surface area (Å²) in [6, 6.07) is 13.7. The van der Waals surface area contributed by atoms with E-state index in [-0.39, 0.29) is 11.8 Å². The maximum Gasteiger partial charge on any atom is 0.413 e. The molecule has 2 N–H and O–H groups in total. The van der Waals surface area contributed by atoms with Crippen molar-refractivity contribution >= 4 is 23.5 Å². The van der Waals surface area contributed by atoms with Gasteiger partial charge in [0.1, 0.15) is 11.4 Å². The first kappa shape index (κ1) is 21.8. The van der Waals surface area contributed by atoms with E-state index in [2.05, 4.69) is 32.7 Å². The second kappa shape index (κ2) is 9.71. The van der Waals surface area contributed by atoms with Crippen LogP contribution in [0.4, 0.5) is 16.3 Å². The van der Waals surface area contributed by atoms with E-state index < -0.39 is 11.7 Å². The van der Waals surface area contributed by atoms with E-state index in [0.29, 0.717) is 11.5 Å². The van der Waals surface area contributed by atoms with Crippen LogP contribution >= 0.6 is 0 Å². The van der Waals surface area contributed by atoms with Gasteiger partial charge in [-0.2, -0.15) is 0 Å². The van der Waals surface area contributed by atoms with E-state index >= 15 is 0 Å². The van der Waals surface area contributed by atoms with Gasteiger partial charge in [-0.15, -0.1) is 0 Å². The van der Waals surface area contributed by atoms with Crippen molar-refractivity contribution in [2.24, 2.45) is 5.92 Å². The van der Waals surface area contributed by atoms with Crippen molar-refractivity contribution in [2.45, 2.75) is 45.8 Å². The first-order chi connectivity index (χ1) is 14.3. The van der Waals surface area contributed by atoms with Crippen molar-refractivity contribution in [3.8, 4) is 0 Å². The van der Waals surface area contributed by atoms with Gasteiger partial charge >= 0.3 is 6.09 Å². The summed E-state index contributed by atoms with van der Waals surface area (Å²) in [5.74, 6) is 0.318. The van der Waals surface area contributed by atoms with E-state index in [1.807, 2.05) is 18.2 Å². The van der Waals surface area contributed by atoms with Gasteiger partial charge in [-0.25, -0.2) is 9.78 Å². The Morgan fingerprint density at radius 2 is 1.90 bits per heavy atom. The smallest absolute Gasteiger partial charge is 0.413 e. The standard InChI is InChI=1S/C23H30N4O3/c1-23(2,3)30-22(29)26-20-12-11-19(14-24-20)25-21(28)18-10-7-13-27(16-18)15-17-8-5-4-6-9-17/h4-6,8-9,11-12,14,18H,7,10,13,15-16H2,1-3H3,(H,25,28)(H,24,26,29). The monoisotopic (exact) mass is 410 g/mol. The molecule has 1 atom stereocenters. The number of piperidine rings is 1. The number of carbonyl (C=O) groups excluding carboxylic acids is 2. The van der Waals surface area contributed by atoms with Gasteiger partial charge in [0.15, 0.2) is 0 Å². The molecule has 7 nitrogen and oxygen atoms in total. The summed E-state index contributed by atoms with van der Waals surface area (Å²) in [5, 5.41) is 5.52. The minimum absolute atomic E-state index is 0.00223. The number of amides is 2. The number of carbonyl (C=O) groups is 2. The summed E-state index contributed by atoms with van der Waals surface area (Å²) in [7, 11) is 0. The average Bonchev–Trinajstić information content (AvgIpc) is 2.69. The van der Waals surface area contributed by atoms with Crippen LogP contribution in [0.3, 0.4) is 0 Å². The Kier molecular flexibility index (Phi) is 7.05. The zero-order valence-corrected chi connectivity index (χ0v) is 17.9. The highest BCUT2D eigenvalue weighted by Crippen LogP contribution is 2.21. The first-order valence-electron chi connectivity index (χ1n) is 10.3. The quantitative estimate of drug-likeness (QED) is 0.769. The summed E-state index contributed by atoms with van der Waals surface area (Å²) in [6.07, 6.45) is 2.85. The number of hydrogen-bond donors (Lipinski definition) is 2. The summed E-state index contributed by atoms with van der Waals surface area (Å²) in [5.41, 5.74) is 1.29. The van der Waals surface area contributed by atoms with Crippen LogP contribution in [-0.4, -0.2) is 40.6 Å². The Labute approximate surface area is 177 Å². The van der Waals surface area contributed by atoms with Crippen LogP contribution in [0.25, 0.3) is 0 Å². The van der Waals surface area contributed by atoms with Crippen LogP contribution in [0.1, 0.15) is 39.2 Å². The van der Waals surface area contributed by atoms with Gasteiger partial charge in [0.25, 0.3) is 0 Å². The number of pyridine rings is 1. The van der Waals surface area contributed by atoms with Gasteiger partial charge in [0.2, 0.25) is 5.91 Å². The Balaban J connectivity index is 1.50. The number of nitrogens with one attached hydrogen (secondary N) is 2. The van der Waals surface area contributed by atoms with Crippen LogP contribution in [0.2, 0.25) is 0 Å². The molecule has 2 amide bonds. The number of benzene rings is 1. The number of ether oxygens (including phenoxy) is 1. The Morgan fingerprint density at radius 1 is 1.13 bits per heavy atom. The van der Waals surface area contributed by atoms with E-state index in [4.69, 9.17) is 4.74 Å². The largest absolute Gasteiger partial charge is 0.444 e. The molecule has 1 aliphatic rings. The fourth-order valence-corrected chi connectivity index (χ4v) is 3.45.